The van der Waals surface area contributed by atoms with E-state index in [9.17, 15) is 14.7 Å². The second-order valence-electron chi connectivity index (χ2n) is 9.39. The van der Waals surface area contributed by atoms with E-state index < -0.39 is 22.7 Å². The molecule has 6 nitrogen and oxygen atoms in total. The highest BCUT2D eigenvalue weighted by Gasteiger charge is 2.77. The molecule has 2 saturated heterocycles. The molecule has 29 heavy (non-hydrogen) atoms. The first-order valence-corrected chi connectivity index (χ1v) is 10.3. The lowest BCUT2D eigenvalue weighted by Crippen LogP contribution is -2.57. The molecule has 1 aromatic carbocycles. The Morgan fingerprint density at radius 3 is 2.83 bits per heavy atom. The van der Waals surface area contributed by atoms with Crippen LogP contribution in [0.25, 0.3) is 10.9 Å². The van der Waals surface area contributed by atoms with E-state index in [0.29, 0.717) is 6.54 Å². The molecule has 6 rings (SSSR count). The Morgan fingerprint density at radius 1 is 1.24 bits per heavy atom. The number of para-hydroxylation sites is 1. The molecule has 2 aliphatic carbocycles. The van der Waals surface area contributed by atoms with E-state index >= 15 is 0 Å². The zero-order chi connectivity index (χ0) is 20.2. The van der Waals surface area contributed by atoms with Crippen molar-refractivity contribution in [3.8, 4) is 0 Å². The maximum atomic E-state index is 13.2. The number of anilines is 1. The van der Waals surface area contributed by atoms with Gasteiger partial charge in [0.15, 0.2) is 11.3 Å². The second-order valence-corrected chi connectivity index (χ2v) is 9.39. The van der Waals surface area contributed by atoms with Crippen LogP contribution in [0.1, 0.15) is 26.7 Å². The van der Waals surface area contributed by atoms with E-state index in [1.54, 1.807) is 13.0 Å². The molecule has 1 aromatic heterocycles. The summed E-state index contributed by atoms with van der Waals surface area (Å²) in [4.78, 5) is 31.6. The summed E-state index contributed by atoms with van der Waals surface area (Å²) in [5, 5.41) is 12.6. The Bertz CT molecular complexity index is 1070. The minimum absolute atomic E-state index is 0.0863. The molecular formula is C23H24N2O4. The molecule has 0 radical (unpaired) electrons. The van der Waals surface area contributed by atoms with Gasteiger partial charge >= 0.3 is 5.97 Å². The van der Waals surface area contributed by atoms with Crippen molar-refractivity contribution in [3.63, 3.8) is 0 Å². The van der Waals surface area contributed by atoms with E-state index in [2.05, 4.69) is 16.0 Å². The first kappa shape index (κ1) is 17.3. The van der Waals surface area contributed by atoms with Crippen LogP contribution in [0.2, 0.25) is 0 Å². The van der Waals surface area contributed by atoms with E-state index in [-0.39, 0.29) is 23.6 Å². The Balaban J connectivity index is 1.43. The van der Waals surface area contributed by atoms with Crippen molar-refractivity contribution in [2.75, 3.05) is 11.4 Å². The van der Waals surface area contributed by atoms with Gasteiger partial charge in [0.25, 0.3) is 0 Å². The molecule has 2 aromatic rings. The van der Waals surface area contributed by atoms with Crippen LogP contribution in [0.3, 0.4) is 0 Å². The summed E-state index contributed by atoms with van der Waals surface area (Å²) in [6.45, 7) is 4.33. The number of ketones is 1. The predicted molar refractivity (Wildman–Crippen MR) is 107 cm³/mol. The third-order valence-corrected chi connectivity index (χ3v) is 8.21. The van der Waals surface area contributed by atoms with Gasteiger partial charge in [-0.25, -0.2) is 4.79 Å². The molecule has 0 amide bonds. The number of aromatic nitrogens is 1. The monoisotopic (exact) mass is 392 g/mol. The Kier molecular flexibility index (Phi) is 3.04. The minimum Gasteiger partial charge on any atom is -0.459 e. The lowest BCUT2D eigenvalue weighted by atomic mass is 9.64. The fraction of sp³-hybridized carbons (Fsp3) is 0.478. The zero-order valence-corrected chi connectivity index (χ0v) is 16.5. The van der Waals surface area contributed by atoms with Gasteiger partial charge in [-0.1, -0.05) is 25.1 Å². The molecule has 3 unspecified atom stereocenters. The number of aromatic amines is 1. The van der Waals surface area contributed by atoms with Crippen LogP contribution in [0.4, 0.5) is 5.82 Å². The maximum Gasteiger partial charge on any atom is 0.334 e. The largest absolute Gasteiger partial charge is 0.459 e. The number of aliphatic hydroxyl groups is 1. The number of ether oxygens (including phenoxy) is 1. The molecule has 0 bridgehead atoms. The van der Waals surface area contributed by atoms with Crippen molar-refractivity contribution in [1.29, 1.82) is 0 Å². The third kappa shape index (κ3) is 1.82. The van der Waals surface area contributed by atoms with E-state index in [1.807, 2.05) is 31.2 Å². The number of esters is 1. The minimum atomic E-state index is -1.28. The Morgan fingerprint density at radius 2 is 2.03 bits per heavy atom. The number of fused-ring (bicyclic) bond motifs is 5. The lowest BCUT2D eigenvalue weighted by Gasteiger charge is -2.43. The van der Waals surface area contributed by atoms with Gasteiger partial charge in [0.2, 0.25) is 0 Å². The quantitative estimate of drug-likeness (QED) is 0.576. The van der Waals surface area contributed by atoms with Gasteiger partial charge in [-0.05, 0) is 50.0 Å². The van der Waals surface area contributed by atoms with Crippen LogP contribution in [0, 0.1) is 17.3 Å². The number of hydrogen-bond acceptors (Lipinski definition) is 5. The van der Waals surface area contributed by atoms with Gasteiger partial charge in [0, 0.05) is 16.8 Å². The molecule has 1 spiro atoms. The molecule has 3 heterocycles. The summed E-state index contributed by atoms with van der Waals surface area (Å²) in [5.74, 6) is 0.261. The van der Waals surface area contributed by atoms with Gasteiger partial charge in [-0.3, -0.25) is 4.79 Å². The number of nitrogens with zero attached hydrogens (tertiary/aromatic N) is 1. The summed E-state index contributed by atoms with van der Waals surface area (Å²) in [5.41, 5.74) is -2.14. The van der Waals surface area contributed by atoms with Crippen LogP contribution < -0.4 is 4.90 Å². The highest BCUT2D eigenvalue weighted by atomic mass is 16.6. The standard InChI is InChI=1S/C23H24N2O4/c1-13-7-8-15-19(21(2)17(26)9-10-23(13,21)28)29-20(27)22(15)12-25(22)18-11-14-5-3-4-6-16(14)24-18/h3-6,9-11,13,15,19,24,28H,7-8,12H2,1-2H3/t13-,15?,19?,21-,22?,23+,25?/m0/s1. The van der Waals surface area contributed by atoms with Gasteiger partial charge in [-0.2, -0.15) is 0 Å². The lowest BCUT2D eigenvalue weighted by molar-refractivity contribution is -0.166. The first-order valence-electron chi connectivity index (χ1n) is 10.3. The van der Waals surface area contributed by atoms with Crippen molar-refractivity contribution in [2.45, 2.75) is 43.9 Å². The normalized spacial score (nSPS) is 42.9. The molecule has 4 aliphatic rings. The topological polar surface area (TPSA) is 82.4 Å². The Labute approximate surface area is 168 Å². The first-order chi connectivity index (χ1) is 13.8. The molecule has 1 saturated carbocycles. The van der Waals surface area contributed by atoms with Crippen LogP contribution >= 0.6 is 0 Å². The molecule has 6 atom stereocenters. The summed E-state index contributed by atoms with van der Waals surface area (Å²) in [6, 6.07) is 10.1. The molecular weight excluding hydrogens is 368 g/mol. The number of nitrogens with one attached hydrogen (secondary N) is 1. The number of benzene rings is 1. The van der Waals surface area contributed by atoms with Gasteiger partial charge in [-0.15, -0.1) is 0 Å². The summed E-state index contributed by atoms with van der Waals surface area (Å²) >= 11 is 0. The summed E-state index contributed by atoms with van der Waals surface area (Å²) in [7, 11) is 0. The zero-order valence-electron chi connectivity index (χ0n) is 16.5. The van der Waals surface area contributed by atoms with Gasteiger partial charge in [0.1, 0.15) is 17.5 Å². The molecule has 2 aliphatic heterocycles. The number of hydrogen-bond donors (Lipinski definition) is 2. The summed E-state index contributed by atoms with van der Waals surface area (Å²) in [6.07, 6.45) is 3.96. The highest BCUT2D eigenvalue weighted by Crippen LogP contribution is 2.62. The maximum absolute atomic E-state index is 13.2. The van der Waals surface area contributed by atoms with E-state index in [1.165, 1.54) is 6.08 Å². The number of carbonyl (C=O) groups excluding carboxylic acids is 2. The number of carbonyl (C=O) groups is 2. The van der Waals surface area contributed by atoms with Crippen LogP contribution in [-0.4, -0.2) is 45.6 Å². The second kappa shape index (κ2) is 5.11. The van der Waals surface area contributed by atoms with Gasteiger partial charge < -0.3 is 19.7 Å². The highest BCUT2D eigenvalue weighted by molar-refractivity contribution is 6.02. The van der Waals surface area contributed by atoms with E-state index in [0.717, 1.165) is 29.6 Å². The fourth-order valence-electron chi connectivity index (χ4n) is 6.25. The van der Waals surface area contributed by atoms with Crippen molar-refractivity contribution in [3.05, 3.63) is 42.5 Å². The number of allylic oxidation sites excluding steroid dienone is 1. The number of rotatable bonds is 1. The Hall–Kier alpha value is -2.60. The summed E-state index contributed by atoms with van der Waals surface area (Å²) < 4.78 is 5.93. The third-order valence-electron chi connectivity index (χ3n) is 8.21. The average Bonchev–Trinajstić information content (AvgIpc) is 3.12. The predicted octanol–water partition coefficient (Wildman–Crippen LogP) is 2.57. The van der Waals surface area contributed by atoms with Crippen LogP contribution in [-0.2, 0) is 14.3 Å². The van der Waals surface area contributed by atoms with E-state index in [4.69, 9.17) is 4.74 Å². The van der Waals surface area contributed by atoms with Crippen LogP contribution in [0.5, 0.6) is 0 Å². The SMILES string of the molecule is C[C@H]1CCC2C(OC(=O)C23CN3c2cc3ccccc3[nH]2)[C@]2(C)C(=O)C=C[C@@]12O. The molecule has 150 valence electrons. The van der Waals surface area contributed by atoms with Crippen molar-refractivity contribution >= 4 is 28.5 Å². The van der Waals surface area contributed by atoms with Crippen molar-refractivity contribution in [2.24, 2.45) is 17.3 Å². The molecule has 2 N–H and O–H groups in total. The average molecular weight is 392 g/mol. The molecule has 3 fully saturated rings. The van der Waals surface area contributed by atoms with Crippen molar-refractivity contribution in [1.82, 2.24) is 4.98 Å². The van der Waals surface area contributed by atoms with Gasteiger partial charge in [0.05, 0.1) is 12.0 Å². The molecule has 6 heteroatoms. The van der Waals surface area contributed by atoms with Crippen molar-refractivity contribution < 1.29 is 19.4 Å². The smallest absolute Gasteiger partial charge is 0.334 e. The fourth-order valence-corrected chi connectivity index (χ4v) is 6.25. The van der Waals surface area contributed by atoms with Crippen LogP contribution in [0.15, 0.2) is 42.5 Å². The number of H-pyrrole nitrogens is 1.